The zero-order valence-corrected chi connectivity index (χ0v) is 13.9. The third kappa shape index (κ3) is 3.50. The summed E-state index contributed by atoms with van der Waals surface area (Å²) in [5.41, 5.74) is 1.64. The minimum Gasteiger partial charge on any atom is -0.466 e. The number of hydrogen-bond donors (Lipinski definition) is 0. The molecule has 5 nitrogen and oxygen atoms in total. The maximum absolute atomic E-state index is 12.7. The minimum atomic E-state index is -0.140. The van der Waals surface area contributed by atoms with Crippen LogP contribution in [0.5, 0.6) is 0 Å². The molecule has 0 unspecified atom stereocenters. The largest absolute Gasteiger partial charge is 0.466 e. The van der Waals surface area contributed by atoms with Crippen molar-refractivity contribution in [2.75, 3.05) is 19.7 Å². The van der Waals surface area contributed by atoms with Gasteiger partial charge >= 0.3 is 5.97 Å². The highest BCUT2D eigenvalue weighted by molar-refractivity contribution is 5.95. The normalized spacial score (nSPS) is 15.3. The zero-order valence-electron chi connectivity index (χ0n) is 13.9. The van der Waals surface area contributed by atoms with Gasteiger partial charge in [0.15, 0.2) is 0 Å². The smallest absolute Gasteiger partial charge is 0.309 e. The fourth-order valence-electron chi connectivity index (χ4n) is 3.07. The van der Waals surface area contributed by atoms with Crippen molar-refractivity contribution in [1.82, 2.24) is 9.47 Å². The van der Waals surface area contributed by atoms with E-state index in [9.17, 15) is 9.59 Å². The van der Waals surface area contributed by atoms with Crippen LogP contribution in [0.15, 0.2) is 48.8 Å². The van der Waals surface area contributed by atoms with Gasteiger partial charge < -0.3 is 14.2 Å². The third-order valence-electron chi connectivity index (χ3n) is 4.40. The van der Waals surface area contributed by atoms with Gasteiger partial charge in [0.25, 0.3) is 5.91 Å². The fraction of sp³-hybridized carbons (Fsp3) is 0.368. The summed E-state index contributed by atoms with van der Waals surface area (Å²) >= 11 is 0. The predicted molar refractivity (Wildman–Crippen MR) is 91.0 cm³/mol. The van der Waals surface area contributed by atoms with Crippen LogP contribution in [0.1, 0.15) is 30.1 Å². The van der Waals surface area contributed by atoms with Crippen LogP contribution >= 0.6 is 0 Å². The molecule has 1 aromatic heterocycles. The van der Waals surface area contributed by atoms with Gasteiger partial charge in [0.05, 0.1) is 12.5 Å². The number of esters is 1. The molecule has 2 aromatic rings. The number of piperidine rings is 1. The monoisotopic (exact) mass is 326 g/mol. The molecule has 0 saturated carbocycles. The first-order valence-corrected chi connectivity index (χ1v) is 8.38. The number of likely N-dealkylation sites (tertiary alicyclic amines) is 1. The minimum absolute atomic E-state index is 0.0197. The molecule has 24 heavy (non-hydrogen) atoms. The Morgan fingerprint density at radius 2 is 1.83 bits per heavy atom. The van der Waals surface area contributed by atoms with Crippen molar-refractivity contribution in [2.24, 2.45) is 5.92 Å². The number of rotatable bonds is 4. The van der Waals surface area contributed by atoms with Crippen molar-refractivity contribution >= 4 is 11.9 Å². The van der Waals surface area contributed by atoms with Gasteiger partial charge in [-0.1, -0.05) is 6.07 Å². The number of ether oxygens (including phenoxy) is 1. The first-order valence-electron chi connectivity index (χ1n) is 8.38. The molecule has 0 spiro atoms. The maximum Gasteiger partial charge on any atom is 0.309 e. The summed E-state index contributed by atoms with van der Waals surface area (Å²) < 4.78 is 7.05. The van der Waals surface area contributed by atoms with Crippen LogP contribution in [0.25, 0.3) is 5.69 Å². The van der Waals surface area contributed by atoms with Gasteiger partial charge in [-0.25, -0.2) is 0 Å². The average molecular weight is 326 g/mol. The highest BCUT2D eigenvalue weighted by atomic mass is 16.5. The predicted octanol–water partition coefficient (Wildman–Crippen LogP) is 2.89. The highest BCUT2D eigenvalue weighted by Crippen LogP contribution is 2.21. The Balaban J connectivity index is 1.66. The van der Waals surface area contributed by atoms with Gasteiger partial charge in [0.2, 0.25) is 0 Å². The average Bonchev–Trinajstić information content (AvgIpc) is 3.16. The van der Waals surface area contributed by atoms with Crippen LogP contribution in [-0.2, 0) is 9.53 Å². The lowest BCUT2D eigenvalue weighted by Crippen LogP contribution is -2.40. The fourth-order valence-corrected chi connectivity index (χ4v) is 3.07. The van der Waals surface area contributed by atoms with Crippen molar-refractivity contribution in [1.29, 1.82) is 0 Å². The van der Waals surface area contributed by atoms with Crippen LogP contribution in [0.2, 0.25) is 0 Å². The molecule has 0 atom stereocenters. The summed E-state index contributed by atoms with van der Waals surface area (Å²) in [5, 5.41) is 0. The number of benzene rings is 1. The molecule has 1 aliphatic heterocycles. The summed E-state index contributed by atoms with van der Waals surface area (Å²) in [7, 11) is 0. The van der Waals surface area contributed by atoms with Crippen LogP contribution in [-0.4, -0.2) is 41.0 Å². The Morgan fingerprint density at radius 3 is 2.50 bits per heavy atom. The second-order valence-corrected chi connectivity index (χ2v) is 5.96. The van der Waals surface area contributed by atoms with E-state index in [1.165, 1.54) is 0 Å². The van der Waals surface area contributed by atoms with E-state index >= 15 is 0 Å². The van der Waals surface area contributed by atoms with Gasteiger partial charge in [-0.05, 0) is 50.1 Å². The molecule has 0 N–H and O–H groups in total. The Bertz CT molecular complexity index is 701. The Kier molecular flexibility index (Phi) is 4.99. The van der Waals surface area contributed by atoms with E-state index in [0.29, 0.717) is 38.1 Å². The molecule has 0 bridgehead atoms. The van der Waals surface area contributed by atoms with Gasteiger partial charge in [-0.15, -0.1) is 0 Å². The van der Waals surface area contributed by atoms with Crippen molar-refractivity contribution < 1.29 is 14.3 Å². The van der Waals surface area contributed by atoms with E-state index in [4.69, 9.17) is 4.74 Å². The highest BCUT2D eigenvalue weighted by Gasteiger charge is 2.28. The Morgan fingerprint density at radius 1 is 1.12 bits per heavy atom. The van der Waals surface area contributed by atoms with E-state index in [2.05, 4.69) is 0 Å². The number of carbonyl (C=O) groups is 2. The van der Waals surface area contributed by atoms with Crippen LogP contribution in [0.3, 0.4) is 0 Å². The van der Waals surface area contributed by atoms with E-state index in [0.717, 1.165) is 5.69 Å². The number of carbonyl (C=O) groups excluding carboxylic acids is 2. The van der Waals surface area contributed by atoms with Gasteiger partial charge in [0, 0.05) is 36.7 Å². The van der Waals surface area contributed by atoms with E-state index in [-0.39, 0.29) is 17.8 Å². The lowest BCUT2D eigenvalue weighted by molar-refractivity contribution is -0.149. The van der Waals surface area contributed by atoms with Crippen LogP contribution < -0.4 is 0 Å². The van der Waals surface area contributed by atoms with E-state index < -0.39 is 0 Å². The Hall–Kier alpha value is -2.56. The molecular weight excluding hydrogens is 304 g/mol. The van der Waals surface area contributed by atoms with Gasteiger partial charge in [-0.2, -0.15) is 0 Å². The SMILES string of the molecule is CCOC(=O)C1CCN(C(=O)c2cccc(-n3cccc3)c2)CC1. The van der Waals surface area contributed by atoms with Crippen molar-refractivity contribution in [2.45, 2.75) is 19.8 Å². The van der Waals surface area contributed by atoms with Gasteiger partial charge in [-0.3, -0.25) is 9.59 Å². The number of aromatic nitrogens is 1. The topological polar surface area (TPSA) is 51.5 Å². The molecule has 126 valence electrons. The maximum atomic E-state index is 12.7. The molecule has 1 amide bonds. The zero-order chi connectivity index (χ0) is 16.9. The lowest BCUT2D eigenvalue weighted by Gasteiger charge is -2.31. The van der Waals surface area contributed by atoms with Crippen LogP contribution in [0, 0.1) is 5.92 Å². The van der Waals surface area contributed by atoms with Gasteiger partial charge in [0.1, 0.15) is 0 Å². The van der Waals surface area contributed by atoms with Crippen molar-refractivity contribution in [3.8, 4) is 5.69 Å². The van der Waals surface area contributed by atoms with Crippen LogP contribution in [0.4, 0.5) is 0 Å². The Labute approximate surface area is 141 Å². The summed E-state index contributed by atoms with van der Waals surface area (Å²) in [5.74, 6) is -0.203. The quantitative estimate of drug-likeness (QED) is 0.812. The second kappa shape index (κ2) is 7.34. The molecule has 1 aromatic carbocycles. The van der Waals surface area contributed by atoms with Crippen molar-refractivity contribution in [3.63, 3.8) is 0 Å². The molecular formula is C19H22N2O3. The summed E-state index contributed by atoms with van der Waals surface area (Å²) in [6.07, 6.45) is 5.24. The number of nitrogens with zero attached hydrogens (tertiary/aromatic N) is 2. The molecule has 1 fully saturated rings. The number of hydrogen-bond acceptors (Lipinski definition) is 3. The molecule has 5 heteroatoms. The van der Waals surface area contributed by atoms with E-state index in [1.54, 1.807) is 0 Å². The molecule has 1 aliphatic rings. The summed E-state index contributed by atoms with van der Waals surface area (Å²) in [6, 6.07) is 11.5. The molecule has 3 rings (SSSR count). The second-order valence-electron chi connectivity index (χ2n) is 5.96. The number of amides is 1. The molecule has 0 aliphatic carbocycles. The van der Waals surface area contributed by atoms with Crippen molar-refractivity contribution in [3.05, 3.63) is 54.4 Å². The molecule has 1 saturated heterocycles. The summed E-state index contributed by atoms with van der Waals surface area (Å²) in [4.78, 5) is 26.3. The summed E-state index contributed by atoms with van der Waals surface area (Å²) in [6.45, 7) is 3.41. The molecule has 0 radical (unpaired) electrons. The third-order valence-corrected chi connectivity index (χ3v) is 4.40. The molecule has 2 heterocycles. The first kappa shape index (κ1) is 16.3. The standard InChI is InChI=1S/C19H22N2O3/c1-2-24-19(23)15-8-12-21(13-9-15)18(22)16-6-5-7-17(14-16)20-10-3-4-11-20/h3-7,10-11,14-15H,2,8-9,12-13H2,1H3. The lowest BCUT2D eigenvalue weighted by atomic mass is 9.96. The van der Waals surface area contributed by atoms with E-state index in [1.807, 2.05) is 65.2 Å². The first-order chi connectivity index (χ1) is 11.7.